The molecule has 0 unspecified atom stereocenters. The number of rotatable bonds is 8. The van der Waals surface area contributed by atoms with Gasteiger partial charge >= 0.3 is 0 Å². The molecule has 0 saturated heterocycles. The zero-order chi connectivity index (χ0) is 33.9. The number of benzene rings is 7. The van der Waals surface area contributed by atoms with Crippen molar-refractivity contribution in [3.05, 3.63) is 193 Å². The second kappa shape index (κ2) is 14.3. The van der Waals surface area contributed by atoms with Crippen LogP contribution in [0.5, 0.6) is 0 Å². The van der Waals surface area contributed by atoms with Gasteiger partial charge in [-0.05, 0) is 72.6 Å². The normalized spacial score (nSPS) is 11.4. The fourth-order valence-electron chi connectivity index (χ4n) is 6.69. The monoisotopic (exact) mass is 678 g/mol. The van der Waals surface area contributed by atoms with E-state index in [4.69, 9.17) is 9.97 Å². The van der Waals surface area contributed by atoms with Gasteiger partial charge in [-0.15, -0.1) is 0 Å². The number of nitrogens with zero attached hydrogens (tertiary/aromatic N) is 2. The van der Waals surface area contributed by atoms with Crippen LogP contribution in [0.1, 0.15) is 11.4 Å². The molecule has 1 heterocycles. The van der Waals surface area contributed by atoms with E-state index in [1.165, 1.54) is 43.0 Å². The Balaban J connectivity index is 1.36. The molecule has 240 valence electrons. The number of hydrogen-bond donors (Lipinski definition) is 0. The fourth-order valence-corrected chi connectivity index (χ4v) is 11.6. The minimum absolute atomic E-state index is 0.822. The Bertz CT molecular complexity index is 2150. The first kappa shape index (κ1) is 32.0. The maximum Gasteiger partial charge on any atom is 0.0975 e. The van der Waals surface area contributed by atoms with Crippen LogP contribution in [0.15, 0.2) is 182 Å². The standard InChI is InChI=1S/C46H36N2P2/c1-33-34(2)48-46-42(40-28-16-18-30-44(40)50(37-23-11-5-12-24-37)38-25-13-6-14-26-38)32-31-41(45(46)47-33)39-27-15-17-29-43(39)49(35-19-7-3-8-20-35)36-21-9-4-10-22-36/h3-32H,1-2H3. The quantitative estimate of drug-likeness (QED) is 0.150. The third-order valence-corrected chi connectivity index (χ3v) is 14.2. The Morgan fingerprint density at radius 2 is 0.580 bits per heavy atom. The molecule has 0 fully saturated rings. The molecule has 4 heteroatoms. The lowest BCUT2D eigenvalue weighted by Crippen LogP contribution is -2.22. The summed E-state index contributed by atoms with van der Waals surface area (Å²) in [6.07, 6.45) is 0. The Hall–Kier alpha value is -5.26. The van der Waals surface area contributed by atoms with E-state index in [9.17, 15) is 0 Å². The summed E-state index contributed by atoms with van der Waals surface area (Å²) in [4.78, 5) is 10.6. The molecule has 1 aromatic heterocycles. The van der Waals surface area contributed by atoms with Gasteiger partial charge in [0.15, 0.2) is 0 Å². The molecule has 8 rings (SSSR count). The van der Waals surface area contributed by atoms with Gasteiger partial charge in [0.1, 0.15) is 0 Å². The summed E-state index contributed by atoms with van der Waals surface area (Å²) in [6.45, 7) is 4.14. The maximum atomic E-state index is 5.32. The van der Waals surface area contributed by atoms with Crippen molar-refractivity contribution in [3.63, 3.8) is 0 Å². The van der Waals surface area contributed by atoms with Crippen LogP contribution in [0.25, 0.3) is 33.3 Å². The Kier molecular flexibility index (Phi) is 9.15. The van der Waals surface area contributed by atoms with Crippen molar-refractivity contribution in [2.75, 3.05) is 0 Å². The average molecular weight is 679 g/mol. The molecule has 0 aliphatic rings. The fraction of sp³-hybridized carbons (Fsp3) is 0.0435. The van der Waals surface area contributed by atoms with E-state index in [0.717, 1.165) is 33.5 Å². The number of hydrogen-bond acceptors (Lipinski definition) is 2. The van der Waals surface area contributed by atoms with Gasteiger partial charge in [-0.3, -0.25) is 0 Å². The average Bonchev–Trinajstić information content (AvgIpc) is 3.18. The van der Waals surface area contributed by atoms with Crippen molar-refractivity contribution in [1.29, 1.82) is 0 Å². The predicted molar refractivity (Wildman–Crippen MR) is 217 cm³/mol. The highest BCUT2D eigenvalue weighted by Gasteiger charge is 2.25. The largest absolute Gasteiger partial charge is 0.249 e. The third-order valence-electron chi connectivity index (χ3n) is 9.16. The molecule has 50 heavy (non-hydrogen) atoms. The smallest absolute Gasteiger partial charge is 0.0975 e. The van der Waals surface area contributed by atoms with Crippen LogP contribution in [-0.2, 0) is 0 Å². The van der Waals surface area contributed by atoms with E-state index in [1.54, 1.807) is 0 Å². The molecule has 0 saturated carbocycles. The number of fused-ring (bicyclic) bond motifs is 1. The van der Waals surface area contributed by atoms with Crippen molar-refractivity contribution in [1.82, 2.24) is 9.97 Å². The lowest BCUT2D eigenvalue weighted by molar-refractivity contribution is 1.10. The van der Waals surface area contributed by atoms with Crippen molar-refractivity contribution < 1.29 is 0 Å². The second-order valence-corrected chi connectivity index (χ2v) is 16.7. The first-order valence-electron chi connectivity index (χ1n) is 16.9. The molecule has 2 nitrogen and oxygen atoms in total. The van der Waals surface area contributed by atoms with Gasteiger partial charge in [-0.1, -0.05) is 182 Å². The Labute approximate surface area is 297 Å². The molecular weight excluding hydrogens is 642 g/mol. The first-order valence-corrected chi connectivity index (χ1v) is 19.6. The topological polar surface area (TPSA) is 25.8 Å². The molecule has 0 N–H and O–H groups in total. The SMILES string of the molecule is Cc1nc2c(-c3ccccc3P(c3ccccc3)c3ccccc3)ccc(-c3ccccc3P(c3ccccc3)c3ccccc3)c2nc1C. The van der Waals surface area contributed by atoms with Gasteiger partial charge in [0, 0.05) is 11.1 Å². The molecule has 0 amide bonds. The summed E-state index contributed by atoms with van der Waals surface area (Å²) in [5, 5.41) is 7.92. The zero-order valence-electron chi connectivity index (χ0n) is 28.1. The Morgan fingerprint density at radius 3 is 0.900 bits per heavy atom. The highest BCUT2D eigenvalue weighted by molar-refractivity contribution is 7.80. The molecule has 0 radical (unpaired) electrons. The summed E-state index contributed by atoms with van der Waals surface area (Å²) >= 11 is 0. The predicted octanol–water partition coefficient (Wildman–Crippen LogP) is 9.10. The molecule has 0 aliphatic heterocycles. The summed E-state index contributed by atoms with van der Waals surface area (Å²) in [5.74, 6) is 0. The van der Waals surface area contributed by atoms with Gasteiger partial charge in [0.2, 0.25) is 0 Å². The van der Waals surface area contributed by atoms with Gasteiger partial charge < -0.3 is 0 Å². The Morgan fingerprint density at radius 1 is 0.300 bits per heavy atom. The summed E-state index contributed by atoms with van der Waals surface area (Å²) in [6, 6.07) is 66.0. The molecule has 7 aromatic carbocycles. The number of aryl methyl sites for hydroxylation is 2. The van der Waals surface area contributed by atoms with Crippen LogP contribution in [0.4, 0.5) is 0 Å². The van der Waals surface area contributed by atoms with Gasteiger partial charge in [0.05, 0.1) is 22.4 Å². The summed E-state index contributed by atoms with van der Waals surface area (Å²) < 4.78 is 0. The van der Waals surface area contributed by atoms with Crippen LogP contribution in [0, 0.1) is 13.8 Å². The molecule has 0 bridgehead atoms. The van der Waals surface area contributed by atoms with Gasteiger partial charge in [-0.2, -0.15) is 0 Å². The van der Waals surface area contributed by atoms with Crippen LogP contribution in [-0.4, -0.2) is 9.97 Å². The van der Waals surface area contributed by atoms with Crippen molar-refractivity contribution >= 4 is 58.7 Å². The van der Waals surface area contributed by atoms with Crippen LogP contribution in [0.3, 0.4) is 0 Å². The van der Waals surface area contributed by atoms with E-state index in [2.05, 4.69) is 196 Å². The minimum Gasteiger partial charge on any atom is -0.249 e. The molecular formula is C46H36N2P2. The van der Waals surface area contributed by atoms with Crippen molar-refractivity contribution in [2.24, 2.45) is 0 Å². The highest BCUT2D eigenvalue weighted by Crippen LogP contribution is 2.42. The lowest BCUT2D eigenvalue weighted by atomic mass is 9.97. The van der Waals surface area contributed by atoms with Crippen molar-refractivity contribution in [3.8, 4) is 22.3 Å². The molecule has 0 atom stereocenters. The van der Waals surface area contributed by atoms with Gasteiger partial charge in [0.25, 0.3) is 0 Å². The van der Waals surface area contributed by atoms with E-state index < -0.39 is 15.8 Å². The van der Waals surface area contributed by atoms with Gasteiger partial charge in [-0.25, -0.2) is 9.97 Å². The lowest BCUT2D eigenvalue weighted by Gasteiger charge is -2.24. The van der Waals surface area contributed by atoms with Crippen LogP contribution >= 0.6 is 15.8 Å². The summed E-state index contributed by atoms with van der Waals surface area (Å²) in [7, 11) is -1.64. The zero-order valence-corrected chi connectivity index (χ0v) is 29.9. The molecule has 0 spiro atoms. The first-order chi connectivity index (χ1) is 24.7. The second-order valence-electron chi connectivity index (χ2n) is 12.3. The van der Waals surface area contributed by atoms with E-state index >= 15 is 0 Å². The van der Waals surface area contributed by atoms with Crippen molar-refractivity contribution in [2.45, 2.75) is 13.8 Å². The van der Waals surface area contributed by atoms with E-state index in [0.29, 0.717) is 0 Å². The molecule has 0 aliphatic carbocycles. The van der Waals surface area contributed by atoms with Crippen LogP contribution in [0.2, 0.25) is 0 Å². The highest BCUT2D eigenvalue weighted by atomic mass is 31.1. The van der Waals surface area contributed by atoms with E-state index in [1.807, 2.05) is 0 Å². The summed E-state index contributed by atoms with van der Waals surface area (Å²) in [5.41, 5.74) is 8.39. The minimum atomic E-state index is -0.822. The maximum absolute atomic E-state index is 5.32. The third kappa shape index (κ3) is 6.18. The number of aromatic nitrogens is 2. The van der Waals surface area contributed by atoms with Crippen LogP contribution < -0.4 is 31.8 Å². The molecule has 8 aromatic rings. The van der Waals surface area contributed by atoms with E-state index in [-0.39, 0.29) is 0 Å².